The molecule has 2 fully saturated rings. The van der Waals surface area contributed by atoms with Crippen molar-refractivity contribution in [3.05, 3.63) is 0 Å². The van der Waals surface area contributed by atoms with E-state index in [1.807, 2.05) is 4.90 Å². The molecule has 0 aromatic rings. The monoisotopic (exact) mass is 382 g/mol. The van der Waals surface area contributed by atoms with E-state index in [1.54, 1.807) is 14.2 Å². The minimum absolute atomic E-state index is 0.175. The smallest absolute Gasteiger partial charge is 0.225 e. The molecule has 0 aliphatic carbocycles. The Kier molecular flexibility index (Phi) is 8.83. The standard InChI is InChI=1S/C20H38N4O3/c1-5-16(6-2)18(25)24-11-7-17(8-12-24)23-19(21-3)22-15-20(26-4)9-13-27-14-10-20/h16-17H,5-15H2,1-4H3,(H2,21,22,23). The fourth-order valence-corrected chi connectivity index (χ4v) is 3.97. The largest absolute Gasteiger partial charge is 0.381 e. The lowest BCUT2D eigenvalue weighted by molar-refractivity contribution is -0.136. The third-order valence-corrected chi connectivity index (χ3v) is 6.12. The van der Waals surface area contributed by atoms with E-state index in [1.165, 1.54) is 0 Å². The first-order chi connectivity index (χ1) is 13.1. The van der Waals surface area contributed by atoms with Crippen LogP contribution in [0.25, 0.3) is 0 Å². The van der Waals surface area contributed by atoms with Crippen LogP contribution in [0.15, 0.2) is 4.99 Å². The van der Waals surface area contributed by atoms with Crippen LogP contribution in [0.1, 0.15) is 52.4 Å². The van der Waals surface area contributed by atoms with Crippen LogP contribution in [0.3, 0.4) is 0 Å². The van der Waals surface area contributed by atoms with Gasteiger partial charge in [0.2, 0.25) is 5.91 Å². The summed E-state index contributed by atoms with van der Waals surface area (Å²) in [4.78, 5) is 18.9. The number of piperidine rings is 1. The van der Waals surface area contributed by atoms with Crippen molar-refractivity contribution in [3.63, 3.8) is 0 Å². The van der Waals surface area contributed by atoms with Crippen LogP contribution >= 0.6 is 0 Å². The number of aliphatic imine (C=N–C) groups is 1. The highest BCUT2D eigenvalue weighted by Crippen LogP contribution is 2.23. The normalized spacial score (nSPS) is 21.4. The van der Waals surface area contributed by atoms with Gasteiger partial charge in [0, 0.05) is 71.8 Å². The third kappa shape index (κ3) is 6.07. The van der Waals surface area contributed by atoms with Gasteiger partial charge in [0.05, 0.1) is 5.60 Å². The number of likely N-dealkylation sites (tertiary alicyclic amines) is 1. The number of nitrogens with one attached hydrogen (secondary N) is 2. The fraction of sp³-hybridized carbons (Fsp3) is 0.900. The van der Waals surface area contributed by atoms with Crippen LogP contribution in [-0.2, 0) is 14.3 Å². The van der Waals surface area contributed by atoms with Gasteiger partial charge in [-0.25, -0.2) is 0 Å². The quantitative estimate of drug-likeness (QED) is 0.518. The van der Waals surface area contributed by atoms with Gasteiger partial charge in [-0.3, -0.25) is 9.79 Å². The predicted molar refractivity (Wildman–Crippen MR) is 108 cm³/mol. The van der Waals surface area contributed by atoms with Crippen molar-refractivity contribution < 1.29 is 14.3 Å². The van der Waals surface area contributed by atoms with Gasteiger partial charge in [0.15, 0.2) is 5.96 Å². The van der Waals surface area contributed by atoms with E-state index < -0.39 is 0 Å². The Bertz CT molecular complexity index is 480. The number of hydrogen-bond donors (Lipinski definition) is 2. The average Bonchev–Trinajstić information content (AvgIpc) is 2.73. The number of guanidine groups is 1. The predicted octanol–water partition coefficient (Wildman–Crippen LogP) is 1.77. The second-order valence-electron chi connectivity index (χ2n) is 7.68. The summed E-state index contributed by atoms with van der Waals surface area (Å²) in [7, 11) is 3.57. The number of methoxy groups -OCH3 is 1. The Morgan fingerprint density at radius 3 is 2.41 bits per heavy atom. The van der Waals surface area contributed by atoms with Crippen molar-refractivity contribution in [3.8, 4) is 0 Å². The highest BCUT2D eigenvalue weighted by atomic mass is 16.5. The van der Waals surface area contributed by atoms with Gasteiger partial charge in [-0.15, -0.1) is 0 Å². The van der Waals surface area contributed by atoms with Crippen molar-refractivity contribution in [2.24, 2.45) is 10.9 Å². The molecule has 2 N–H and O–H groups in total. The van der Waals surface area contributed by atoms with Crippen LogP contribution in [-0.4, -0.2) is 75.4 Å². The number of ether oxygens (including phenoxy) is 2. The van der Waals surface area contributed by atoms with E-state index in [0.717, 1.165) is 77.3 Å². The molecule has 2 heterocycles. The van der Waals surface area contributed by atoms with E-state index in [2.05, 4.69) is 29.5 Å². The van der Waals surface area contributed by atoms with E-state index in [0.29, 0.717) is 11.9 Å². The highest BCUT2D eigenvalue weighted by molar-refractivity contribution is 5.80. The Morgan fingerprint density at radius 2 is 1.89 bits per heavy atom. The van der Waals surface area contributed by atoms with E-state index in [9.17, 15) is 4.79 Å². The summed E-state index contributed by atoms with van der Waals surface area (Å²) >= 11 is 0. The van der Waals surface area contributed by atoms with Gasteiger partial charge >= 0.3 is 0 Å². The van der Waals surface area contributed by atoms with Gasteiger partial charge in [0.25, 0.3) is 0 Å². The zero-order valence-corrected chi connectivity index (χ0v) is 17.6. The summed E-state index contributed by atoms with van der Waals surface area (Å²) < 4.78 is 11.2. The van der Waals surface area contributed by atoms with Crippen LogP contribution in [0, 0.1) is 5.92 Å². The van der Waals surface area contributed by atoms with E-state index in [-0.39, 0.29) is 11.5 Å². The fourth-order valence-electron chi connectivity index (χ4n) is 3.97. The molecule has 156 valence electrons. The Hall–Kier alpha value is -1.34. The molecule has 0 aromatic heterocycles. The second-order valence-corrected chi connectivity index (χ2v) is 7.68. The first-order valence-electron chi connectivity index (χ1n) is 10.5. The Labute approximate surface area is 164 Å². The summed E-state index contributed by atoms with van der Waals surface area (Å²) in [5.41, 5.74) is -0.180. The second kappa shape index (κ2) is 10.9. The van der Waals surface area contributed by atoms with Crippen LogP contribution < -0.4 is 10.6 Å². The zero-order chi connectivity index (χ0) is 19.7. The van der Waals surface area contributed by atoms with Gasteiger partial charge in [-0.2, -0.15) is 0 Å². The Balaban J connectivity index is 1.78. The summed E-state index contributed by atoms with van der Waals surface area (Å²) in [6.07, 6.45) is 5.55. The SMILES string of the molecule is CCC(CC)C(=O)N1CCC(NC(=NC)NCC2(OC)CCOCC2)CC1. The summed E-state index contributed by atoms with van der Waals surface area (Å²) in [5.74, 6) is 1.30. The minimum Gasteiger partial charge on any atom is -0.381 e. The highest BCUT2D eigenvalue weighted by Gasteiger charge is 2.33. The number of amides is 1. The molecule has 27 heavy (non-hydrogen) atoms. The van der Waals surface area contributed by atoms with Gasteiger partial charge < -0.3 is 25.0 Å². The molecule has 0 radical (unpaired) electrons. The van der Waals surface area contributed by atoms with Crippen molar-refractivity contribution in [1.29, 1.82) is 0 Å². The van der Waals surface area contributed by atoms with Crippen molar-refractivity contribution in [2.75, 3.05) is 47.0 Å². The maximum absolute atomic E-state index is 12.5. The molecule has 0 saturated carbocycles. The topological polar surface area (TPSA) is 75.2 Å². The molecular formula is C20H38N4O3. The molecule has 2 saturated heterocycles. The van der Waals surface area contributed by atoms with E-state index >= 15 is 0 Å². The van der Waals surface area contributed by atoms with Crippen LogP contribution in [0.4, 0.5) is 0 Å². The first kappa shape index (κ1) is 22.0. The van der Waals surface area contributed by atoms with Gasteiger partial charge in [-0.1, -0.05) is 13.8 Å². The van der Waals surface area contributed by atoms with E-state index in [4.69, 9.17) is 9.47 Å². The van der Waals surface area contributed by atoms with Gasteiger partial charge in [0.1, 0.15) is 0 Å². The Morgan fingerprint density at radius 1 is 1.26 bits per heavy atom. The molecule has 0 spiro atoms. The van der Waals surface area contributed by atoms with Crippen molar-refractivity contribution in [1.82, 2.24) is 15.5 Å². The molecule has 0 aromatic carbocycles. The lowest BCUT2D eigenvalue weighted by Gasteiger charge is -2.37. The first-order valence-corrected chi connectivity index (χ1v) is 10.5. The summed E-state index contributed by atoms with van der Waals surface area (Å²) in [6.45, 7) is 8.04. The number of nitrogens with zero attached hydrogens (tertiary/aromatic N) is 2. The number of carbonyl (C=O) groups is 1. The molecule has 1 amide bonds. The summed E-state index contributed by atoms with van der Waals surface area (Å²) in [6, 6.07) is 0.343. The van der Waals surface area contributed by atoms with Crippen LogP contribution in [0.5, 0.6) is 0 Å². The average molecular weight is 383 g/mol. The molecule has 2 rings (SSSR count). The zero-order valence-electron chi connectivity index (χ0n) is 17.6. The molecule has 0 bridgehead atoms. The molecule has 7 heteroatoms. The maximum Gasteiger partial charge on any atom is 0.225 e. The third-order valence-electron chi connectivity index (χ3n) is 6.12. The molecule has 7 nitrogen and oxygen atoms in total. The molecule has 2 aliphatic rings. The molecule has 0 atom stereocenters. The molecular weight excluding hydrogens is 344 g/mol. The summed E-state index contributed by atoms with van der Waals surface area (Å²) in [5, 5.41) is 6.94. The number of hydrogen-bond acceptors (Lipinski definition) is 4. The lowest BCUT2D eigenvalue weighted by atomic mass is 9.94. The lowest BCUT2D eigenvalue weighted by Crippen LogP contribution is -2.54. The van der Waals surface area contributed by atoms with Crippen molar-refractivity contribution in [2.45, 2.75) is 64.0 Å². The molecule has 2 aliphatic heterocycles. The van der Waals surface area contributed by atoms with Crippen LogP contribution in [0.2, 0.25) is 0 Å². The molecule has 0 unspecified atom stereocenters. The van der Waals surface area contributed by atoms with Gasteiger partial charge in [-0.05, 0) is 25.7 Å². The number of rotatable bonds is 7. The maximum atomic E-state index is 12.5. The minimum atomic E-state index is -0.180. The van der Waals surface area contributed by atoms with Crippen molar-refractivity contribution >= 4 is 11.9 Å². The number of carbonyl (C=O) groups excluding carboxylic acids is 1.